The first kappa shape index (κ1) is 14.8. The molecule has 0 unspecified atom stereocenters. The van der Waals surface area contributed by atoms with Crippen molar-refractivity contribution in [3.8, 4) is 0 Å². The van der Waals surface area contributed by atoms with E-state index in [1.807, 2.05) is 0 Å². The van der Waals surface area contributed by atoms with Crippen molar-refractivity contribution in [3.05, 3.63) is 0 Å². The summed E-state index contributed by atoms with van der Waals surface area (Å²) in [5.74, 6) is 0. The predicted molar refractivity (Wildman–Crippen MR) is 51.1 cm³/mol. The molecule has 12 heavy (non-hydrogen) atoms. The maximum Gasteiger partial charge on any atom is 0.271 e. The zero-order valence-corrected chi connectivity index (χ0v) is 8.44. The third kappa shape index (κ3) is 22.4. The normalized spacial score (nSPS) is 16.9. The monoisotopic (exact) mass is 218 g/mol. The molecule has 1 heterocycles. The lowest BCUT2D eigenvalue weighted by Gasteiger charge is -2.10. The number of morpholine rings is 1. The van der Waals surface area contributed by atoms with Gasteiger partial charge in [-0.2, -0.15) is 0 Å². The highest BCUT2D eigenvalue weighted by atomic mass is 35.5. The Morgan fingerprint density at radius 2 is 1.50 bits per heavy atom. The molecule has 7 N–H and O–H groups in total. The van der Waals surface area contributed by atoms with Crippen LogP contribution in [0.25, 0.3) is 0 Å². The van der Waals surface area contributed by atoms with Crippen LogP contribution in [0.3, 0.4) is 0 Å². The molecule has 1 rings (SSSR count). The Kier molecular flexibility index (Phi) is 9.81. The highest BCUT2D eigenvalue weighted by molar-refractivity contribution is 7.56. The van der Waals surface area contributed by atoms with Crippen molar-refractivity contribution in [2.75, 3.05) is 26.3 Å². The minimum atomic E-state index is -3.14. The number of nitrogens with two attached hydrogens (primary N) is 3. The van der Waals surface area contributed by atoms with Gasteiger partial charge in [0.05, 0.1) is 13.2 Å². The van der Waals surface area contributed by atoms with E-state index in [4.69, 9.17) is 4.74 Å². The van der Waals surface area contributed by atoms with Gasteiger partial charge >= 0.3 is 0 Å². The molecular formula is C4H16ClN4O2P. The Bertz CT molecular complexity index is 117. The maximum atomic E-state index is 9.55. The molecule has 76 valence electrons. The van der Waals surface area contributed by atoms with E-state index in [1.165, 1.54) is 0 Å². The quantitative estimate of drug-likeness (QED) is 0.388. The summed E-state index contributed by atoms with van der Waals surface area (Å²) in [7, 11) is -3.14. The number of nitrogens with one attached hydrogen (secondary N) is 1. The number of hydrogen-bond donors (Lipinski definition) is 4. The van der Waals surface area contributed by atoms with Gasteiger partial charge in [0.15, 0.2) is 0 Å². The number of rotatable bonds is 0. The van der Waals surface area contributed by atoms with Gasteiger partial charge in [-0.3, -0.25) is 21.1 Å². The minimum absolute atomic E-state index is 0. The molecule has 0 aromatic heterocycles. The molecule has 0 aromatic rings. The Morgan fingerprint density at radius 3 is 1.58 bits per heavy atom. The van der Waals surface area contributed by atoms with E-state index in [0.717, 1.165) is 26.3 Å². The minimum Gasteiger partial charge on any atom is -0.379 e. The van der Waals surface area contributed by atoms with Crippen molar-refractivity contribution < 1.29 is 9.30 Å². The van der Waals surface area contributed by atoms with E-state index in [9.17, 15) is 4.57 Å². The Labute approximate surface area is 78.1 Å². The van der Waals surface area contributed by atoms with Gasteiger partial charge in [-0.1, -0.05) is 0 Å². The van der Waals surface area contributed by atoms with Gasteiger partial charge in [0.1, 0.15) is 0 Å². The number of halogens is 1. The Balaban J connectivity index is 0. The van der Waals surface area contributed by atoms with Crippen LogP contribution in [0, 0.1) is 0 Å². The SMILES string of the molecule is C1COCCN1.Cl.NP(N)(N)=O. The third-order valence-electron chi connectivity index (χ3n) is 0.846. The van der Waals surface area contributed by atoms with E-state index in [2.05, 4.69) is 21.8 Å². The smallest absolute Gasteiger partial charge is 0.271 e. The van der Waals surface area contributed by atoms with E-state index < -0.39 is 7.59 Å². The van der Waals surface area contributed by atoms with E-state index in [1.54, 1.807) is 0 Å². The van der Waals surface area contributed by atoms with Gasteiger partial charge in [-0.25, -0.2) is 0 Å². The number of ether oxygens (including phenoxy) is 1. The molecule has 0 aliphatic carbocycles. The second-order valence-electron chi connectivity index (χ2n) is 2.13. The second kappa shape index (κ2) is 7.94. The average Bonchev–Trinajstić information content (AvgIpc) is 1.88. The maximum absolute atomic E-state index is 9.55. The number of hydrogen-bond acceptors (Lipinski definition) is 3. The molecule has 0 saturated carbocycles. The zero-order valence-electron chi connectivity index (χ0n) is 6.73. The van der Waals surface area contributed by atoms with Crippen molar-refractivity contribution in [3.63, 3.8) is 0 Å². The van der Waals surface area contributed by atoms with E-state index in [-0.39, 0.29) is 12.4 Å². The largest absolute Gasteiger partial charge is 0.379 e. The summed E-state index contributed by atoms with van der Waals surface area (Å²) < 4.78 is 14.6. The van der Waals surface area contributed by atoms with Crippen LogP contribution in [0.2, 0.25) is 0 Å². The molecule has 0 spiro atoms. The van der Waals surface area contributed by atoms with Crippen molar-refractivity contribution in [1.29, 1.82) is 0 Å². The van der Waals surface area contributed by atoms with Crippen LogP contribution in [0.5, 0.6) is 0 Å². The molecule has 1 saturated heterocycles. The van der Waals surface area contributed by atoms with Crippen LogP contribution in [-0.4, -0.2) is 26.3 Å². The fourth-order valence-electron chi connectivity index (χ4n) is 0.516. The summed E-state index contributed by atoms with van der Waals surface area (Å²) in [6.45, 7) is 3.83. The summed E-state index contributed by atoms with van der Waals surface area (Å²) in [5, 5.41) is 3.16. The topological polar surface area (TPSA) is 116 Å². The molecule has 0 amide bonds. The predicted octanol–water partition coefficient (Wildman–Crippen LogP) is -1.00. The molecule has 0 radical (unpaired) electrons. The lowest BCUT2D eigenvalue weighted by atomic mass is 10.5. The summed E-state index contributed by atoms with van der Waals surface area (Å²) in [6.07, 6.45) is 0. The van der Waals surface area contributed by atoms with Crippen LogP contribution in [-0.2, 0) is 9.30 Å². The molecule has 6 nitrogen and oxygen atoms in total. The molecule has 1 aliphatic rings. The third-order valence-corrected chi connectivity index (χ3v) is 0.846. The van der Waals surface area contributed by atoms with Crippen LogP contribution in [0.1, 0.15) is 0 Å². The first-order chi connectivity index (χ1) is 5.00. The zero-order chi connectivity index (χ0) is 8.74. The van der Waals surface area contributed by atoms with Gasteiger partial charge in [-0.05, 0) is 0 Å². The lowest BCUT2D eigenvalue weighted by Crippen LogP contribution is -2.30. The van der Waals surface area contributed by atoms with Gasteiger partial charge < -0.3 is 10.1 Å². The molecular weight excluding hydrogens is 202 g/mol. The van der Waals surface area contributed by atoms with Crippen molar-refractivity contribution >= 4 is 20.0 Å². The molecule has 8 heteroatoms. The summed E-state index contributed by atoms with van der Waals surface area (Å²) in [5.41, 5.74) is 13.4. The average molecular weight is 219 g/mol. The van der Waals surface area contributed by atoms with E-state index >= 15 is 0 Å². The first-order valence-corrected chi connectivity index (χ1v) is 5.16. The van der Waals surface area contributed by atoms with Crippen LogP contribution < -0.4 is 21.8 Å². The fourth-order valence-corrected chi connectivity index (χ4v) is 0.516. The van der Waals surface area contributed by atoms with Crippen LogP contribution >= 0.6 is 20.0 Å². The van der Waals surface area contributed by atoms with Crippen LogP contribution in [0.15, 0.2) is 0 Å². The fraction of sp³-hybridized carbons (Fsp3) is 1.00. The van der Waals surface area contributed by atoms with Gasteiger partial charge in [0.25, 0.3) is 7.59 Å². The van der Waals surface area contributed by atoms with Crippen LogP contribution in [0.4, 0.5) is 0 Å². The van der Waals surface area contributed by atoms with Gasteiger partial charge in [-0.15, -0.1) is 12.4 Å². The molecule has 1 aliphatic heterocycles. The summed E-state index contributed by atoms with van der Waals surface area (Å²) in [6, 6.07) is 0. The molecule has 0 bridgehead atoms. The van der Waals surface area contributed by atoms with Gasteiger partial charge in [0.2, 0.25) is 0 Å². The van der Waals surface area contributed by atoms with E-state index in [0.29, 0.717) is 0 Å². The van der Waals surface area contributed by atoms with Gasteiger partial charge in [0, 0.05) is 13.1 Å². The second-order valence-corrected chi connectivity index (χ2v) is 3.65. The Hall–Kier alpha value is 0.320. The van der Waals surface area contributed by atoms with Crippen molar-refractivity contribution in [2.24, 2.45) is 16.5 Å². The summed E-state index contributed by atoms with van der Waals surface area (Å²) >= 11 is 0. The molecule has 1 fully saturated rings. The van der Waals surface area contributed by atoms with Crippen molar-refractivity contribution in [1.82, 2.24) is 5.32 Å². The molecule has 0 atom stereocenters. The highest BCUT2D eigenvalue weighted by Gasteiger charge is 1.93. The first-order valence-electron chi connectivity index (χ1n) is 3.24. The lowest BCUT2D eigenvalue weighted by molar-refractivity contribution is 0.109. The van der Waals surface area contributed by atoms with Crippen molar-refractivity contribution in [2.45, 2.75) is 0 Å². The Morgan fingerprint density at radius 1 is 1.17 bits per heavy atom. The summed E-state index contributed by atoms with van der Waals surface area (Å²) in [4.78, 5) is 0. The highest BCUT2D eigenvalue weighted by Crippen LogP contribution is 2.06. The molecule has 0 aromatic carbocycles. The standard InChI is InChI=1S/C4H9NO.ClH.H6N3OP/c1-3-6-4-2-5-1;;1-5(2,3)4/h5H,1-4H2;1H;(H6,1,2,3,4).